The number of nitrogens with one attached hydrogen (secondary N) is 2. The Morgan fingerprint density at radius 2 is 2.29 bits per heavy atom. The highest BCUT2D eigenvalue weighted by atomic mass is 35.5. The summed E-state index contributed by atoms with van der Waals surface area (Å²) in [7, 11) is 0. The summed E-state index contributed by atoms with van der Waals surface area (Å²) in [5, 5.41) is 6.81. The molecule has 1 heterocycles. The van der Waals surface area contributed by atoms with E-state index in [1.54, 1.807) is 29.1 Å². The average molecular weight is 305 g/mol. The molecule has 0 radical (unpaired) electrons. The topological polar surface area (TPSA) is 59.0 Å². The molecule has 5 nitrogen and oxygen atoms in total. The number of aromatic nitrogens is 2. The minimum absolute atomic E-state index is 0.101. The normalized spacial score (nSPS) is 14.1. The first-order valence-corrected chi connectivity index (χ1v) is 7.36. The molecule has 1 aromatic carbocycles. The minimum Gasteiger partial charge on any atom is -0.328 e. The number of carbonyl (C=O) groups excluding carboxylic acids is 1. The van der Waals surface area contributed by atoms with Crippen LogP contribution in [-0.4, -0.2) is 21.5 Å². The van der Waals surface area contributed by atoms with Gasteiger partial charge in [-0.3, -0.25) is 4.79 Å². The molecule has 0 unspecified atom stereocenters. The standard InChI is InChI=1S/C15H17ClN4O/c16-11-2-1-3-13(6-11)19-15(21)9-20-8-14(18-10-20)7-17-12-4-5-12/h1-3,6,8,10,12,17H,4-5,7,9H2,(H,19,21). The molecule has 1 saturated carbocycles. The zero-order valence-corrected chi connectivity index (χ0v) is 12.3. The first-order chi connectivity index (χ1) is 10.2. The summed E-state index contributed by atoms with van der Waals surface area (Å²) in [6, 6.07) is 7.76. The maximum Gasteiger partial charge on any atom is 0.244 e. The van der Waals surface area contributed by atoms with Crippen LogP contribution in [0.4, 0.5) is 5.69 Å². The van der Waals surface area contributed by atoms with Crippen LogP contribution in [0.3, 0.4) is 0 Å². The van der Waals surface area contributed by atoms with E-state index in [-0.39, 0.29) is 12.5 Å². The van der Waals surface area contributed by atoms with Gasteiger partial charge >= 0.3 is 0 Å². The zero-order valence-electron chi connectivity index (χ0n) is 11.6. The molecular weight excluding hydrogens is 288 g/mol. The maximum absolute atomic E-state index is 12.0. The number of anilines is 1. The van der Waals surface area contributed by atoms with Crippen LogP contribution < -0.4 is 10.6 Å². The fourth-order valence-electron chi connectivity index (χ4n) is 2.05. The summed E-state index contributed by atoms with van der Waals surface area (Å²) in [6.07, 6.45) is 6.08. The Balaban J connectivity index is 1.51. The van der Waals surface area contributed by atoms with E-state index >= 15 is 0 Å². The van der Waals surface area contributed by atoms with Crippen molar-refractivity contribution >= 4 is 23.2 Å². The molecule has 2 N–H and O–H groups in total. The fraction of sp³-hybridized carbons (Fsp3) is 0.333. The molecule has 2 aromatic rings. The molecule has 3 rings (SSSR count). The van der Waals surface area contributed by atoms with Crippen LogP contribution in [0.2, 0.25) is 5.02 Å². The summed E-state index contributed by atoms with van der Waals surface area (Å²) >= 11 is 5.88. The molecule has 110 valence electrons. The van der Waals surface area contributed by atoms with Crippen molar-refractivity contribution < 1.29 is 4.79 Å². The number of hydrogen-bond acceptors (Lipinski definition) is 3. The van der Waals surface area contributed by atoms with Crippen molar-refractivity contribution in [1.82, 2.24) is 14.9 Å². The smallest absolute Gasteiger partial charge is 0.244 e. The molecule has 0 bridgehead atoms. The molecule has 0 saturated heterocycles. The van der Waals surface area contributed by atoms with Gasteiger partial charge in [0.05, 0.1) is 12.0 Å². The van der Waals surface area contributed by atoms with Crippen LogP contribution in [-0.2, 0) is 17.9 Å². The van der Waals surface area contributed by atoms with E-state index in [1.165, 1.54) is 12.8 Å². The molecular formula is C15H17ClN4O. The largest absolute Gasteiger partial charge is 0.328 e. The molecule has 1 aliphatic carbocycles. The van der Waals surface area contributed by atoms with Gasteiger partial charge in [0.2, 0.25) is 5.91 Å². The third kappa shape index (κ3) is 4.31. The Bertz CT molecular complexity index is 636. The third-order valence-electron chi connectivity index (χ3n) is 3.27. The van der Waals surface area contributed by atoms with Crippen molar-refractivity contribution in [2.75, 3.05) is 5.32 Å². The lowest BCUT2D eigenvalue weighted by atomic mass is 10.3. The second-order valence-corrected chi connectivity index (χ2v) is 5.69. The summed E-state index contributed by atoms with van der Waals surface area (Å²) in [5.74, 6) is -0.101. The lowest BCUT2D eigenvalue weighted by Crippen LogP contribution is -2.18. The number of rotatable bonds is 6. The lowest BCUT2D eigenvalue weighted by molar-refractivity contribution is -0.116. The van der Waals surface area contributed by atoms with E-state index in [9.17, 15) is 4.79 Å². The van der Waals surface area contributed by atoms with Crippen LogP contribution >= 0.6 is 11.6 Å². The lowest BCUT2D eigenvalue weighted by Gasteiger charge is -2.06. The number of imidazole rings is 1. The quantitative estimate of drug-likeness (QED) is 0.862. The maximum atomic E-state index is 12.0. The van der Waals surface area contributed by atoms with E-state index < -0.39 is 0 Å². The second kappa shape index (κ2) is 6.28. The molecule has 1 fully saturated rings. The van der Waals surface area contributed by atoms with E-state index in [0.29, 0.717) is 16.8 Å². The number of carbonyl (C=O) groups is 1. The Kier molecular flexibility index (Phi) is 4.22. The summed E-state index contributed by atoms with van der Waals surface area (Å²) in [5.41, 5.74) is 1.65. The van der Waals surface area contributed by atoms with Gasteiger partial charge in [-0.15, -0.1) is 0 Å². The van der Waals surface area contributed by atoms with E-state index in [0.717, 1.165) is 12.2 Å². The summed E-state index contributed by atoms with van der Waals surface area (Å²) in [6.45, 7) is 0.997. The highest BCUT2D eigenvalue weighted by Gasteiger charge is 2.20. The van der Waals surface area contributed by atoms with E-state index in [1.807, 2.05) is 12.3 Å². The Labute approximate surface area is 128 Å². The predicted octanol–water partition coefficient (Wildman–Crippen LogP) is 2.43. The van der Waals surface area contributed by atoms with Gasteiger partial charge in [-0.1, -0.05) is 17.7 Å². The van der Waals surface area contributed by atoms with Gasteiger partial charge in [-0.2, -0.15) is 0 Å². The highest BCUT2D eigenvalue weighted by Crippen LogP contribution is 2.19. The van der Waals surface area contributed by atoms with Gasteiger partial charge in [-0.25, -0.2) is 4.98 Å². The van der Waals surface area contributed by atoms with E-state index in [4.69, 9.17) is 11.6 Å². The van der Waals surface area contributed by atoms with Crippen molar-refractivity contribution in [1.29, 1.82) is 0 Å². The average Bonchev–Trinajstić information content (AvgIpc) is 3.17. The Morgan fingerprint density at radius 1 is 1.43 bits per heavy atom. The van der Waals surface area contributed by atoms with Gasteiger partial charge in [-0.05, 0) is 31.0 Å². The van der Waals surface area contributed by atoms with Crippen molar-refractivity contribution in [3.8, 4) is 0 Å². The minimum atomic E-state index is -0.101. The number of nitrogens with zero attached hydrogens (tertiary/aromatic N) is 2. The summed E-state index contributed by atoms with van der Waals surface area (Å²) < 4.78 is 1.78. The Morgan fingerprint density at radius 3 is 3.05 bits per heavy atom. The molecule has 1 amide bonds. The first kappa shape index (κ1) is 14.1. The zero-order chi connectivity index (χ0) is 14.7. The first-order valence-electron chi connectivity index (χ1n) is 6.98. The number of hydrogen-bond donors (Lipinski definition) is 2. The van der Waals surface area contributed by atoms with Crippen LogP contribution in [0.25, 0.3) is 0 Å². The molecule has 0 spiro atoms. The predicted molar refractivity (Wildman–Crippen MR) is 82.2 cm³/mol. The van der Waals surface area contributed by atoms with Gasteiger partial charge < -0.3 is 15.2 Å². The molecule has 0 atom stereocenters. The molecule has 6 heteroatoms. The second-order valence-electron chi connectivity index (χ2n) is 5.25. The van der Waals surface area contributed by atoms with Crippen molar-refractivity contribution in [3.63, 3.8) is 0 Å². The molecule has 21 heavy (non-hydrogen) atoms. The third-order valence-corrected chi connectivity index (χ3v) is 3.51. The monoisotopic (exact) mass is 304 g/mol. The van der Waals surface area contributed by atoms with Gasteiger partial charge in [0, 0.05) is 29.5 Å². The number of halogens is 1. The molecule has 0 aliphatic heterocycles. The van der Waals surface area contributed by atoms with E-state index in [2.05, 4.69) is 15.6 Å². The SMILES string of the molecule is O=C(Cn1cnc(CNC2CC2)c1)Nc1cccc(Cl)c1. The highest BCUT2D eigenvalue weighted by molar-refractivity contribution is 6.30. The van der Waals surface area contributed by atoms with Crippen LogP contribution in [0.15, 0.2) is 36.8 Å². The molecule has 1 aromatic heterocycles. The number of amides is 1. The van der Waals surface area contributed by atoms with Gasteiger partial charge in [0.15, 0.2) is 0 Å². The van der Waals surface area contributed by atoms with Gasteiger partial charge in [0.25, 0.3) is 0 Å². The summed E-state index contributed by atoms with van der Waals surface area (Å²) in [4.78, 5) is 16.2. The van der Waals surface area contributed by atoms with Crippen molar-refractivity contribution in [2.24, 2.45) is 0 Å². The van der Waals surface area contributed by atoms with Crippen LogP contribution in [0, 0.1) is 0 Å². The van der Waals surface area contributed by atoms with Crippen LogP contribution in [0.1, 0.15) is 18.5 Å². The molecule has 1 aliphatic rings. The van der Waals surface area contributed by atoms with Crippen molar-refractivity contribution in [3.05, 3.63) is 47.5 Å². The fourth-order valence-corrected chi connectivity index (χ4v) is 2.24. The Hall–Kier alpha value is -1.85. The van der Waals surface area contributed by atoms with Gasteiger partial charge in [0.1, 0.15) is 6.54 Å². The van der Waals surface area contributed by atoms with Crippen molar-refractivity contribution in [2.45, 2.75) is 32.0 Å². The van der Waals surface area contributed by atoms with Crippen LogP contribution in [0.5, 0.6) is 0 Å². The number of benzene rings is 1.